The molecule has 2 aliphatic rings. The summed E-state index contributed by atoms with van der Waals surface area (Å²) in [6.07, 6.45) is 2.89. The number of pyridine rings is 1. The van der Waals surface area contributed by atoms with Crippen LogP contribution in [0.5, 0.6) is 5.75 Å². The molecule has 13 nitrogen and oxygen atoms in total. The van der Waals surface area contributed by atoms with Crippen LogP contribution in [0, 0.1) is 6.92 Å². The van der Waals surface area contributed by atoms with Crippen molar-refractivity contribution in [3.05, 3.63) is 65.2 Å². The summed E-state index contributed by atoms with van der Waals surface area (Å²) in [7, 11) is 0. The molecule has 41 heavy (non-hydrogen) atoms. The Morgan fingerprint density at radius 3 is 2.85 bits per heavy atom. The van der Waals surface area contributed by atoms with Crippen LogP contribution < -0.4 is 21.1 Å². The second kappa shape index (κ2) is 10.2. The Hall–Kier alpha value is -4.94. The molecule has 1 aliphatic carbocycles. The zero-order valence-electron chi connectivity index (χ0n) is 22.7. The van der Waals surface area contributed by atoms with Gasteiger partial charge in [-0.1, -0.05) is 6.07 Å². The normalized spacial score (nSPS) is 18.3. The number of anilines is 1. The highest BCUT2D eigenvalue weighted by molar-refractivity contribution is 6.04. The largest absolute Gasteiger partial charge is 0.486 e. The van der Waals surface area contributed by atoms with E-state index in [-0.39, 0.29) is 24.2 Å². The first-order valence-corrected chi connectivity index (χ1v) is 13.5. The van der Waals surface area contributed by atoms with Crippen molar-refractivity contribution in [3.8, 4) is 5.75 Å². The van der Waals surface area contributed by atoms with Gasteiger partial charge in [-0.05, 0) is 57.0 Å². The van der Waals surface area contributed by atoms with Gasteiger partial charge in [0.15, 0.2) is 0 Å². The Balaban J connectivity index is 1.22. The van der Waals surface area contributed by atoms with Crippen LogP contribution >= 0.6 is 0 Å². The number of carbonyl (C=O) groups is 3. The van der Waals surface area contributed by atoms with Crippen molar-refractivity contribution in [2.75, 3.05) is 11.9 Å². The minimum Gasteiger partial charge on any atom is -0.486 e. The van der Waals surface area contributed by atoms with Gasteiger partial charge in [-0.15, -0.1) is 0 Å². The number of carbonyl (C=O) groups excluding carboxylic acids is 3. The van der Waals surface area contributed by atoms with E-state index >= 15 is 0 Å². The molecule has 4 N–H and O–H groups in total. The summed E-state index contributed by atoms with van der Waals surface area (Å²) >= 11 is 0. The summed E-state index contributed by atoms with van der Waals surface area (Å²) < 4.78 is 15.2. The van der Waals surface area contributed by atoms with E-state index in [1.54, 1.807) is 41.2 Å². The lowest BCUT2D eigenvalue weighted by Crippen LogP contribution is -2.32. The molecule has 0 radical (unpaired) electrons. The number of rotatable bonds is 10. The minimum atomic E-state index is -0.595. The number of amides is 3. The predicted molar refractivity (Wildman–Crippen MR) is 148 cm³/mol. The third-order valence-electron chi connectivity index (χ3n) is 7.49. The molecule has 0 bridgehead atoms. The van der Waals surface area contributed by atoms with Crippen molar-refractivity contribution in [1.82, 2.24) is 29.6 Å². The molecule has 1 saturated carbocycles. The quantitative estimate of drug-likeness (QED) is 0.250. The van der Waals surface area contributed by atoms with Crippen molar-refractivity contribution >= 4 is 34.9 Å². The monoisotopic (exact) mass is 558 g/mol. The second-order valence-electron chi connectivity index (χ2n) is 10.3. The van der Waals surface area contributed by atoms with Crippen LogP contribution in [-0.4, -0.2) is 54.9 Å². The summed E-state index contributed by atoms with van der Waals surface area (Å²) in [6, 6.07) is 10.4. The number of nitrogens with two attached hydrogens (primary N) is 1. The van der Waals surface area contributed by atoms with Crippen LogP contribution in [0.15, 0.2) is 42.6 Å². The fourth-order valence-corrected chi connectivity index (χ4v) is 5.49. The number of benzene rings is 1. The van der Waals surface area contributed by atoms with Crippen LogP contribution in [0.3, 0.4) is 0 Å². The van der Waals surface area contributed by atoms with Gasteiger partial charge in [-0.3, -0.25) is 29.1 Å². The Bertz CT molecular complexity index is 1660. The molecule has 3 amide bonds. The molecule has 1 unspecified atom stereocenters. The zero-order valence-corrected chi connectivity index (χ0v) is 22.7. The first kappa shape index (κ1) is 26.3. The number of imidazole rings is 1. The standard InChI is InChI=1S/C28H30N8O5/c1-3-35-20(11-16(2)34-35)25(38)33-26-32-19-12-17(24(29)37)13-21-23(19)36(26)28(14-22(28)41-21)8-6-10-31-27(39)40-15-18-7-4-5-9-30-18/h4-5,7,9,11-13,22H,3,6,8,10,14-15H2,1-2H3,(H2,29,37)(H,31,39)(H,32,33,38)/t22?,28-/m1/s1. The predicted octanol–water partition coefficient (Wildman–Crippen LogP) is 2.87. The van der Waals surface area contributed by atoms with E-state index in [9.17, 15) is 14.4 Å². The van der Waals surface area contributed by atoms with E-state index in [1.807, 2.05) is 24.5 Å². The number of nitrogens with one attached hydrogen (secondary N) is 2. The highest BCUT2D eigenvalue weighted by atomic mass is 16.5. The van der Waals surface area contributed by atoms with Crippen LogP contribution in [0.1, 0.15) is 58.4 Å². The first-order chi connectivity index (χ1) is 19.8. The summed E-state index contributed by atoms with van der Waals surface area (Å²) in [5.41, 5.74) is 8.35. The number of aromatic nitrogens is 5. The molecular formula is C28H30N8O5. The molecule has 3 aromatic heterocycles. The first-order valence-electron chi connectivity index (χ1n) is 13.5. The highest BCUT2D eigenvalue weighted by Gasteiger charge is 2.61. The van der Waals surface area contributed by atoms with Gasteiger partial charge < -0.3 is 20.5 Å². The third kappa shape index (κ3) is 4.83. The minimum absolute atomic E-state index is 0.0864. The van der Waals surface area contributed by atoms with E-state index in [0.717, 1.165) is 5.69 Å². The lowest BCUT2D eigenvalue weighted by molar-refractivity contribution is 0.0995. The van der Waals surface area contributed by atoms with Gasteiger partial charge in [-0.2, -0.15) is 5.10 Å². The molecule has 6 rings (SSSR count). The maximum atomic E-state index is 13.4. The summed E-state index contributed by atoms with van der Waals surface area (Å²) in [6.45, 7) is 4.76. The fraction of sp³-hybridized carbons (Fsp3) is 0.357. The third-order valence-corrected chi connectivity index (χ3v) is 7.49. The van der Waals surface area contributed by atoms with Gasteiger partial charge in [0.2, 0.25) is 11.9 Å². The number of fused-ring (bicyclic) bond motifs is 2. The average molecular weight is 559 g/mol. The van der Waals surface area contributed by atoms with Crippen molar-refractivity contribution < 1.29 is 23.9 Å². The fourth-order valence-electron chi connectivity index (χ4n) is 5.49. The summed E-state index contributed by atoms with van der Waals surface area (Å²) in [5.74, 6) is -0.0920. The Labute approximate surface area is 235 Å². The lowest BCUT2D eigenvalue weighted by atomic mass is 10.1. The Morgan fingerprint density at radius 1 is 1.24 bits per heavy atom. The maximum Gasteiger partial charge on any atom is 0.407 e. The van der Waals surface area contributed by atoms with Crippen LogP contribution in [0.2, 0.25) is 0 Å². The van der Waals surface area contributed by atoms with Crippen molar-refractivity contribution in [3.63, 3.8) is 0 Å². The summed E-state index contributed by atoms with van der Waals surface area (Å²) in [4.78, 5) is 46.4. The van der Waals surface area contributed by atoms with Crippen LogP contribution in [0.25, 0.3) is 11.0 Å². The van der Waals surface area contributed by atoms with E-state index in [0.29, 0.717) is 66.5 Å². The van der Waals surface area contributed by atoms with Gasteiger partial charge in [0, 0.05) is 31.3 Å². The molecule has 2 atom stereocenters. The number of aryl methyl sites for hydroxylation is 2. The number of nitrogens with zero attached hydrogens (tertiary/aromatic N) is 5. The van der Waals surface area contributed by atoms with Crippen LogP contribution in [-0.2, 0) is 23.4 Å². The van der Waals surface area contributed by atoms with E-state index < -0.39 is 17.5 Å². The van der Waals surface area contributed by atoms with Crippen LogP contribution in [0.4, 0.5) is 10.7 Å². The number of ether oxygens (including phenoxy) is 2. The molecule has 1 aliphatic heterocycles. The second-order valence-corrected chi connectivity index (χ2v) is 10.3. The molecule has 212 valence electrons. The van der Waals surface area contributed by atoms with Gasteiger partial charge in [0.1, 0.15) is 29.7 Å². The van der Waals surface area contributed by atoms with E-state index in [2.05, 4.69) is 20.7 Å². The Morgan fingerprint density at radius 2 is 2.10 bits per heavy atom. The number of primary amides is 1. The molecule has 4 aromatic rings. The smallest absolute Gasteiger partial charge is 0.407 e. The molecule has 0 spiro atoms. The zero-order chi connectivity index (χ0) is 28.7. The van der Waals surface area contributed by atoms with Gasteiger partial charge >= 0.3 is 6.09 Å². The SMILES string of the molecule is CCn1nc(C)cc1C(=O)Nc1nc2cc(C(N)=O)cc3c2n1[C@]1(CCCNC(=O)OCc2ccccn2)CC1O3. The van der Waals surface area contributed by atoms with Crippen molar-refractivity contribution in [2.45, 2.75) is 57.9 Å². The average Bonchev–Trinajstić information content (AvgIpc) is 3.33. The lowest BCUT2D eigenvalue weighted by Gasteiger charge is -2.27. The maximum absolute atomic E-state index is 13.4. The molecule has 1 fully saturated rings. The van der Waals surface area contributed by atoms with Crippen molar-refractivity contribution in [2.24, 2.45) is 5.73 Å². The summed E-state index contributed by atoms with van der Waals surface area (Å²) in [5, 5.41) is 10.1. The molecule has 4 heterocycles. The number of hydrogen-bond acceptors (Lipinski definition) is 8. The van der Waals surface area contributed by atoms with Crippen molar-refractivity contribution in [1.29, 1.82) is 0 Å². The van der Waals surface area contributed by atoms with E-state index in [1.165, 1.54) is 0 Å². The number of alkyl carbamates (subject to hydrolysis) is 1. The van der Waals surface area contributed by atoms with E-state index in [4.69, 9.17) is 20.2 Å². The molecule has 1 aromatic carbocycles. The van der Waals surface area contributed by atoms with Gasteiger partial charge in [-0.25, -0.2) is 9.78 Å². The molecule has 13 heteroatoms. The highest BCUT2D eigenvalue weighted by Crippen LogP contribution is 2.57. The topological polar surface area (TPSA) is 168 Å². The Kier molecular flexibility index (Phi) is 6.56. The molecular weight excluding hydrogens is 528 g/mol. The van der Waals surface area contributed by atoms with Gasteiger partial charge in [0.05, 0.1) is 22.4 Å². The van der Waals surface area contributed by atoms with Gasteiger partial charge in [0.25, 0.3) is 5.91 Å². The molecule has 0 saturated heterocycles. The number of hydrogen-bond donors (Lipinski definition) is 3.